The van der Waals surface area contributed by atoms with Gasteiger partial charge in [-0.1, -0.05) is 13.0 Å². The number of carbonyl (C=O) groups excluding carboxylic acids is 1. The number of nitrogens with zero attached hydrogens (tertiary/aromatic N) is 1. The molecule has 0 aliphatic rings. The summed E-state index contributed by atoms with van der Waals surface area (Å²) in [6.07, 6.45) is 2.00. The number of methoxy groups -OCH3 is 1. The highest BCUT2D eigenvalue weighted by molar-refractivity contribution is 7.86. The summed E-state index contributed by atoms with van der Waals surface area (Å²) in [5.41, 5.74) is -0.255. The zero-order chi connectivity index (χ0) is 16.8. The molecule has 1 rings (SSSR count). The Hall–Kier alpha value is -2.26. The fourth-order valence-corrected chi connectivity index (χ4v) is 2.45. The second-order valence-corrected chi connectivity index (χ2v) is 5.65. The summed E-state index contributed by atoms with van der Waals surface area (Å²) in [5.74, 6) is -0.866. The molecule has 0 bridgehead atoms. The van der Waals surface area contributed by atoms with Gasteiger partial charge in [0.25, 0.3) is 15.8 Å². The first-order valence-corrected chi connectivity index (χ1v) is 7.65. The lowest BCUT2D eigenvalue weighted by Crippen LogP contribution is -2.26. The second-order valence-electron chi connectivity index (χ2n) is 4.08. The van der Waals surface area contributed by atoms with Crippen LogP contribution < -0.4 is 0 Å². The van der Waals surface area contributed by atoms with E-state index in [2.05, 4.69) is 4.74 Å². The van der Waals surface area contributed by atoms with Gasteiger partial charge in [-0.25, -0.2) is 8.98 Å². The number of ether oxygens (including phenoxy) is 1. The van der Waals surface area contributed by atoms with Crippen molar-refractivity contribution in [3.05, 3.63) is 46.5 Å². The number of nitro benzene ring substituents is 1. The lowest BCUT2D eigenvalue weighted by atomic mass is 10.3. The van der Waals surface area contributed by atoms with Crippen LogP contribution in [0.2, 0.25) is 0 Å². The number of benzene rings is 1. The molecule has 120 valence electrons. The van der Waals surface area contributed by atoms with Crippen LogP contribution in [0.25, 0.3) is 0 Å². The van der Waals surface area contributed by atoms with E-state index in [1.807, 2.05) is 0 Å². The van der Waals surface area contributed by atoms with E-state index in [1.165, 1.54) is 6.08 Å². The van der Waals surface area contributed by atoms with E-state index in [0.29, 0.717) is 6.42 Å². The molecule has 0 aliphatic heterocycles. The minimum atomic E-state index is -4.26. The van der Waals surface area contributed by atoms with Gasteiger partial charge in [0.1, 0.15) is 0 Å². The van der Waals surface area contributed by atoms with Gasteiger partial charge in [0.05, 0.1) is 16.9 Å². The topological polar surface area (TPSA) is 113 Å². The van der Waals surface area contributed by atoms with Gasteiger partial charge in [0.2, 0.25) is 0 Å². The molecule has 0 saturated carbocycles. The summed E-state index contributed by atoms with van der Waals surface area (Å²) in [4.78, 5) is 21.1. The quantitative estimate of drug-likeness (QED) is 0.246. The Balaban J connectivity index is 3.03. The highest BCUT2D eigenvalue weighted by atomic mass is 32.2. The van der Waals surface area contributed by atoms with Crippen molar-refractivity contribution in [1.82, 2.24) is 0 Å². The molecule has 0 fully saturated rings. The molecule has 0 N–H and O–H groups in total. The molecule has 1 aromatic carbocycles. The van der Waals surface area contributed by atoms with E-state index in [9.17, 15) is 23.3 Å². The van der Waals surface area contributed by atoms with Gasteiger partial charge in [-0.3, -0.25) is 10.1 Å². The molecule has 9 heteroatoms. The van der Waals surface area contributed by atoms with Crippen LogP contribution in [0.4, 0.5) is 5.69 Å². The minimum Gasteiger partial charge on any atom is -0.467 e. The number of nitro groups is 1. The molecule has 1 aromatic rings. The maximum absolute atomic E-state index is 12.1. The van der Waals surface area contributed by atoms with Crippen molar-refractivity contribution in [2.45, 2.75) is 24.3 Å². The van der Waals surface area contributed by atoms with E-state index in [0.717, 1.165) is 31.4 Å². The molecular weight excluding hydrogens is 314 g/mol. The van der Waals surface area contributed by atoms with Crippen molar-refractivity contribution >= 4 is 21.8 Å². The Labute approximate surface area is 127 Å². The van der Waals surface area contributed by atoms with E-state index >= 15 is 0 Å². The van der Waals surface area contributed by atoms with E-state index in [-0.39, 0.29) is 10.6 Å². The number of hydrogen-bond acceptors (Lipinski definition) is 7. The highest BCUT2D eigenvalue weighted by Crippen LogP contribution is 2.19. The maximum atomic E-state index is 12.1. The standard InChI is InChI=1S/C13H15NO7S/c1-3-4-5-12(13(15)20-2)21-22(18,19)11-8-6-10(7-9-11)14(16)17/h4-9,12H,3H2,1-2H3/b5-4+. The number of allylic oxidation sites excluding steroid dienone is 1. The van der Waals surface area contributed by atoms with Gasteiger partial charge in [-0.2, -0.15) is 8.42 Å². The van der Waals surface area contributed by atoms with Crippen LogP contribution in [0.15, 0.2) is 41.3 Å². The van der Waals surface area contributed by atoms with Crippen LogP contribution in [0, 0.1) is 10.1 Å². The monoisotopic (exact) mass is 329 g/mol. The van der Waals surface area contributed by atoms with Crippen molar-refractivity contribution in [1.29, 1.82) is 0 Å². The lowest BCUT2D eigenvalue weighted by molar-refractivity contribution is -0.384. The lowest BCUT2D eigenvalue weighted by Gasteiger charge is -2.12. The molecule has 1 atom stereocenters. The maximum Gasteiger partial charge on any atom is 0.340 e. The Morgan fingerprint density at radius 1 is 1.36 bits per heavy atom. The van der Waals surface area contributed by atoms with Crippen LogP contribution in [0.1, 0.15) is 13.3 Å². The summed E-state index contributed by atoms with van der Waals surface area (Å²) < 4.78 is 33.4. The number of carbonyl (C=O) groups is 1. The second kappa shape index (κ2) is 7.66. The van der Waals surface area contributed by atoms with Gasteiger partial charge in [0.15, 0.2) is 6.10 Å². The first-order chi connectivity index (χ1) is 10.3. The van der Waals surface area contributed by atoms with Crippen molar-refractivity contribution in [2.24, 2.45) is 0 Å². The third-order valence-corrected chi connectivity index (χ3v) is 3.86. The summed E-state index contributed by atoms with van der Waals surface area (Å²) in [7, 11) is -3.15. The molecule has 0 saturated heterocycles. The summed E-state index contributed by atoms with van der Waals surface area (Å²) in [6, 6.07) is 4.13. The number of rotatable bonds is 7. The largest absolute Gasteiger partial charge is 0.467 e. The molecule has 0 aliphatic carbocycles. The summed E-state index contributed by atoms with van der Waals surface area (Å²) in [5, 5.41) is 10.5. The van der Waals surface area contributed by atoms with Crippen LogP contribution in [0.3, 0.4) is 0 Å². The molecule has 1 unspecified atom stereocenters. The molecule has 8 nitrogen and oxygen atoms in total. The molecule has 22 heavy (non-hydrogen) atoms. The predicted molar refractivity (Wildman–Crippen MR) is 76.6 cm³/mol. The zero-order valence-electron chi connectivity index (χ0n) is 12.0. The first kappa shape index (κ1) is 17.8. The zero-order valence-corrected chi connectivity index (χ0v) is 12.8. The third-order valence-electron chi connectivity index (χ3n) is 2.55. The summed E-state index contributed by atoms with van der Waals surface area (Å²) in [6.45, 7) is 1.80. The normalized spacial score (nSPS) is 13.0. The van der Waals surface area contributed by atoms with Gasteiger partial charge in [-0.15, -0.1) is 0 Å². The SMILES string of the molecule is CC/C=C/C(OS(=O)(=O)c1ccc([N+](=O)[O-])cc1)C(=O)OC. The van der Waals surface area contributed by atoms with Crippen LogP contribution in [0.5, 0.6) is 0 Å². The van der Waals surface area contributed by atoms with Gasteiger partial charge < -0.3 is 4.74 Å². The fourth-order valence-electron chi connectivity index (χ4n) is 1.45. The Morgan fingerprint density at radius 2 is 1.95 bits per heavy atom. The Kier molecular flexibility index (Phi) is 6.20. The van der Waals surface area contributed by atoms with Crippen LogP contribution in [-0.4, -0.2) is 32.5 Å². The Bertz CT molecular complexity index is 664. The molecule has 0 spiro atoms. The van der Waals surface area contributed by atoms with Gasteiger partial charge in [-0.05, 0) is 24.6 Å². The predicted octanol–water partition coefficient (Wildman–Crippen LogP) is 1.81. The van der Waals surface area contributed by atoms with Gasteiger partial charge >= 0.3 is 5.97 Å². The average molecular weight is 329 g/mol. The smallest absolute Gasteiger partial charge is 0.340 e. The van der Waals surface area contributed by atoms with Crippen molar-refractivity contribution in [3.63, 3.8) is 0 Å². The molecular formula is C13H15NO7S. The first-order valence-electron chi connectivity index (χ1n) is 6.24. The number of esters is 1. The Morgan fingerprint density at radius 3 is 2.41 bits per heavy atom. The average Bonchev–Trinajstić information content (AvgIpc) is 2.50. The molecule has 0 amide bonds. The van der Waals surface area contributed by atoms with Crippen LogP contribution in [-0.2, 0) is 23.8 Å². The molecule has 0 heterocycles. The van der Waals surface area contributed by atoms with E-state index in [4.69, 9.17) is 4.18 Å². The van der Waals surface area contributed by atoms with Crippen LogP contribution >= 0.6 is 0 Å². The highest BCUT2D eigenvalue weighted by Gasteiger charge is 2.26. The van der Waals surface area contributed by atoms with Crippen molar-refractivity contribution in [3.8, 4) is 0 Å². The van der Waals surface area contributed by atoms with E-state index < -0.39 is 27.1 Å². The summed E-state index contributed by atoms with van der Waals surface area (Å²) >= 11 is 0. The minimum absolute atomic E-state index is 0.255. The molecule has 0 radical (unpaired) electrons. The molecule has 0 aromatic heterocycles. The third kappa shape index (κ3) is 4.64. The van der Waals surface area contributed by atoms with Crippen molar-refractivity contribution in [2.75, 3.05) is 7.11 Å². The fraction of sp³-hybridized carbons (Fsp3) is 0.308. The van der Waals surface area contributed by atoms with E-state index in [1.54, 1.807) is 13.0 Å². The number of non-ortho nitro benzene ring substituents is 1. The van der Waals surface area contributed by atoms with Crippen molar-refractivity contribution < 1.29 is 27.1 Å². The number of hydrogen-bond donors (Lipinski definition) is 0. The van der Waals surface area contributed by atoms with Gasteiger partial charge in [0, 0.05) is 12.1 Å².